The number of rotatable bonds is 5. The Labute approximate surface area is 167 Å². The summed E-state index contributed by atoms with van der Waals surface area (Å²) in [5, 5.41) is 5.67. The third-order valence-electron chi connectivity index (χ3n) is 3.96. The molecule has 28 heavy (non-hydrogen) atoms. The lowest BCUT2D eigenvalue weighted by Gasteiger charge is -2.12. The van der Waals surface area contributed by atoms with Gasteiger partial charge in [0.2, 0.25) is 5.91 Å². The maximum Gasteiger partial charge on any atom is 0.329 e. The van der Waals surface area contributed by atoms with E-state index in [4.69, 9.17) is 11.6 Å². The van der Waals surface area contributed by atoms with Crippen LogP contribution in [-0.2, 0) is 9.59 Å². The Morgan fingerprint density at radius 3 is 2.46 bits per heavy atom. The number of carbonyl (C=O) groups excluding carboxylic acids is 3. The molecule has 0 saturated carbocycles. The molecule has 0 aromatic heterocycles. The zero-order valence-corrected chi connectivity index (χ0v) is 15.9. The number of urea groups is 1. The van der Waals surface area contributed by atoms with Crippen molar-refractivity contribution >= 4 is 41.2 Å². The van der Waals surface area contributed by atoms with Gasteiger partial charge in [-0.15, -0.1) is 0 Å². The molecule has 3 rings (SSSR count). The Morgan fingerprint density at radius 2 is 1.79 bits per heavy atom. The summed E-state index contributed by atoms with van der Waals surface area (Å²) in [6.07, 6.45) is 3.48. The molecule has 1 aliphatic rings. The third kappa shape index (κ3) is 4.86. The van der Waals surface area contributed by atoms with Crippen molar-refractivity contribution in [2.45, 2.75) is 6.92 Å². The standard InChI is InChI=1S/C21H18ClN3O3/c1-14(11-15-5-3-2-4-6-15)12-18-20(27)25(21(28)24-18)13-19(26)23-17-9-7-16(22)8-10-17/h2-12H,13H2,1H3,(H,23,26)(H,24,28)/b14-11+,18-12-. The molecule has 7 heteroatoms. The van der Waals surface area contributed by atoms with Gasteiger partial charge in [0.25, 0.3) is 5.91 Å². The normalized spacial score (nSPS) is 15.7. The lowest BCUT2D eigenvalue weighted by molar-refractivity contribution is -0.127. The smallest absolute Gasteiger partial charge is 0.325 e. The number of benzene rings is 2. The van der Waals surface area contributed by atoms with E-state index in [0.717, 1.165) is 16.0 Å². The van der Waals surface area contributed by atoms with E-state index in [1.165, 1.54) is 0 Å². The molecule has 1 saturated heterocycles. The van der Waals surface area contributed by atoms with Crippen molar-refractivity contribution in [2.75, 3.05) is 11.9 Å². The summed E-state index contributed by atoms with van der Waals surface area (Å²) in [5.74, 6) is -1.03. The molecule has 0 unspecified atom stereocenters. The van der Waals surface area contributed by atoms with Gasteiger partial charge < -0.3 is 10.6 Å². The van der Waals surface area contributed by atoms with Crippen molar-refractivity contribution in [3.8, 4) is 0 Å². The van der Waals surface area contributed by atoms with Crippen LogP contribution in [0.3, 0.4) is 0 Å². The Hall–Kier alpha value is -3.38. The van der Waals surface area contributed by atoms with Gasteiger partial charge in [-0.25, -0.2) is 9.69 Å². The quantitative estimate of drug-likeness (QED) is 0.596. The molecule has 2 aromatic carbocycles. The molecule has 1 fully saturated rings. The fourth-order valence-corrected chi connectivity index (χ4v) is 2.80. The summed E-state index contributed by atoms with van der Waals surface area (Å²) in [5.41, 5.74) is 2.43. The molecule has 0 radical (unpaired) electrons. The first-order chi connectivity index (χ1) is 13.4. The second-order valence-corrected chi connectivity index (χ2v) is 6.67. The van der Waals surface area contributed by atoms with E-state index >= 15 is 0 Å². The van der Waals surface area contributed by atoms with Crippen molar-refractivity contribution in [2.24, 2.45) is 0 Å². The zero-order valence-electron chi connectivity index (χ0n) is 15.1. The second kappa shape index (κ2) is 8.54. The van der Waals surface area contributed by atoms with Gasteiger partial charge >= 0.3 is 6.03 Å². The first kappa shape index (κ1) is 19.4. The Bertz CT molecular complexity index is 966. The van der Waals surface area contributed by atoms with Gasteiger partial charge in [-0.2, -0.15) is 0 Å². The number of nitrogens with zero attached hydrogens (tertiary/aromatic N) is 1. The van der Waals surface area contributed by atoms with E-state index in [0.29, 0.717) is 10.7 Å². The van der Waals surface area contributed by atoms with Crippen LogP contribution in [0, 0.1) is 0 Å². The van der Waals surface area contributed by atoms with Crippen molar-refractivity contribution in [1.29, 1.82) is 0 Å². The molecule has 6 nitrogen and oxygen atoms in total. The SMILES string of the molecule is CC(/C=C1\NC(=O)N(CC(=O)Nc2ccc(Cl)cc2)C1=O)=C\c1ccccc1. The highest BCUT2D eigenvalue weighted by Gasteiger charge is 2.34. The fourth-order valence-electron chi connectivity index (χ4n) is 2.67. The molecule has 1 heterocycles. The maximum atomic E-state index is 12.5. The van der Waals surface area contributed by atoms with Gasteiger partial charge in [0.05, 0.1) is 0 Å². The van der Waals surface area contributed by atoms with Gasteiger partial charge in [0, 0.05) is 10.7 Å². The highest BCUT2D eigenvalue weighted by molar-refractivity contribution is 6.30. The van der Waals surface area contributed by atoms with Crippen LogP contribution in [0.1, 0.15) is 12.5 Å². The van der Waals surface area contributed by atoms with Gasteiger partial charge in [-0.3, -0.25) is 9.59 Å². The highest BCUT2D eigenvalue weighted by atomic mass is 35.5. The minimum atomic E-state index is -0.630. The van der Waals surface area contributed by atoms with E-state index in [9.17, 15) is 14.4 Å². The largest absolute Gasteiger partial charge is 0.329 e. The molecular weight excluding hydrogens is 378 g/mol. The molecular formula is C21H18ClN3O3. The number of allylic oxidation sites excluding steroid dienone is 2. The van der Waals surface area contributed by atoms with Crippen LogP contribution >= 0.6 is 11.6 Å². The van der Waals surface area contributed by atoms with Gasteiger partial charge in [0.1, 0.15) is 12.2 Å². The van der Waals surface area contributed by atoms with Crippen LogP contribution in [0.4, 0.5) is 10.5 Å². The fraction of sp³-hybridized carbons (Fsp3) is 0.0952. The first-order valence-electron chi connectivity index (χ1n) is 8.56. The van der Waals surface area contributed by atoms with Crippen molar-refractivity contribution < 1.29 is 14.4 Å². The van der Waals surface area contributed by atoms with E-state index in [1.54, 1.807) is 30.3 Å². The molecule has 4 amide bonds. The van der Waals surface area contributed by atoms with Gasteiger partial charge in [-0.1, -0.05) is 48.0 Å². The summed E-state index contributed by atoms with van der Waals surface area (Å²) in [6, 6.07) is 15.5. The van der Waals surface area contributed by atoms with Crippen molar-refractivity contribution in [1.82, 2.24) is 10.2 Å². The van der Waals surface area contributed by atoms with Crippen LogP contribution in [0.2, 0.25) is 5.02 Å². The first-order valence-corrected chi connectivity index (χ1v) is 8.93. The minimum absolute atomic E-state index is 0.133. The maximum absolute atomic E-state index is 12.5. The predicted molar refractivity (Wildman–Crippen MR) is 109 cm³/mol. The number of halogens is 1. The Balaban J connectivity index is 1.66. The predicted octanol–water partition coefficient (Wildman–Crippen LogP) is 3.82. The number of amides is 4. The molecule has 0 spiro atoms. The Kier molecular flexibility index (Phi) is 5.91. The number of carbonyl (C=O) groups is 3. The topological polar surface area (TPSA) is 78.5 Å². The molecule has 142 valence electrons. The van der Waals surface area contributed by atoms with E-state index in [2.05, 4.69) is 10.6 Å². The summed E-state index contributed by atoms with van der Waals surface area (Å²) in [6.45, 7) is 1.45. The second-order valence-electron chi connectivity index (χ2n) is 6.23. The zero-order chi connectivity index (χ0) is 20.1. The average molecular weight is 396 g/mol. The Morgan fingerprint density at radius 1 is 1.11 bits per heavy atom. The summed E-state index contributed by atoms with van der Waals surface area (Å²) in [4.78, 5) is 37.6. The summed E-state index contributed by atoms with van der Waals surface area (Å²) < 4.78 is 0. The number of nitrogens with one attached hydrogen (secondary N) is 2. The van der Waals surface area contributed by atoms with Crippen LogP contribution in [-0.4, -0.2) is 29.3 Å². The number of imide groups is 1. The number of hydrogen-bond acceptors (Lipinski definition) is 3. The van der Waals surface area contributed by atoms with Crippen molar-refractivity contribution in [3.05, 3.63) is 82.5 Å². The monoisotopic (exact) mass is 395 g/mol. The molecule has 0 aliphatic carbocycles. The van der Waals surface area contributed by atoms with E-state index in [-0.39, 0.29) is 12.2 Å². The molecule has 2 N–H and O–H groups in total. The van der Waals surface area contributed by atoms with Crippen LogP contribution < -0.4 is 10.6 Å². The molecule has 0 atom stereocenters. The summed E-state index contributed by atoms with van der Waals surface area (Å²) >= 11 is 5.80. The van der Waals surface area contributed by atoms with Gasteiger partial charge in [-0.05, 0) is 48.4 Å². The molecule has 2 aromatic rings. The molecule has 1 aliphatic heterocycles. The average Bonchev–Trinajstić information content (AvgIpc) is 2.91. The summed E-state index contributed by atoms with van der Waals surface area (Å²) in [7, 11) is 0. The third-order valence-corrected chi connectivity index (χ3v) is 4.21. The lowest BCUT2D eigenvalue weighted by Crippen LogP contribution is -2.38. The number of anilines is 1. The van der Waals surface area contributed by atoms with Gasteiger partial charge in [0.15, 0.2) is 0 Å². The number of hydrogen-bond donors (Lipinski definition) is 2. The van der Waals surface area contributed by atoms with Crippen molar-refractivity contribution in [3.63, 3.8) is 0 Å². The lowest BCUT2D eigenvalue weighted by atomic mass is 10.1. The van der Waals surface area contributed by atoms with Crippen LogP contribution in [0.5, 0.6) is 0 Å². The van der Waals surface area contributed by atoms with E-state index in [1.807, 2.05) is 43.3 Å². The minimum Gasteiger partial charge on any atom is -0.325 e. The molecule has 0 bridgehead atoms. The van der Waals surface area contributed by atoms with Crippen LogP contribution in [0.25, 0.3) is 6.08 Å². The highest BCUT2D eigenvalue weighted by Crippen LogP contribution is 2.16. The van der Waals surface area contributed by atoms with E-state index < -0.39 is 17.8 Å². The van der Waals surface area contributed by atoms with Crippen LogP contribution in [0.15, 0.2) is 71.9 Å².